The molecule has 0 aliphatic rings. The first-order chi connectivity index (χ1) is 10.7. The van der Waals surface area contributed by atoms with E-state index in [4.69, 9.17) is 10.4 Å². The normalized spacial score (nSPS) is 13.2. The van der Waals surface area contributed by atoms with E-state index < -0.39 is 5.97 Å². The first-order valence-electron chi connectivity index (χ1n) is 8.56. The predicted molar refractivity (Wildman–Crippen MR) is 89.9 cm³/mol. The maximum absolute atomic E-state index is 10.4. The summed E-state index contributed by atoms with van der Waals surface area (Å²) in [5.41, 5.74) is 0. The van der Waals surface area contributed by atoms with Gasteiger partial charge in [-0.2, -0.15) is 0 Å². The molecule has 0 heterocycles. The van der Waals surface area contributed by atoms with Crippen LogP contribution in [-0.2, 0) is 9.68 Å². The second-order valence-electron chi connectivity index (χ2n) is 5.65. The van der Waals surface area contributed by atoms with Gasteiger partial charge in [0.2, 0.25) is 0 Å². The molecule has 4 heteroatoms. The number of hydrogen-bond donors (Lipinski definition) is 2. The average Bonchev–Trinajstić information content (AvgIpc) is 2.50. The standard InChI is InChI=1S/C18H32O4/c1-2-3-4-5-6-8-11-14-17(22-21)15-12-9-7-10-13-16-18(19)20/h6,8,11,14,17,21H,2-5,7,9-10,12-13,15-16H2,1H3,(H,19,20). The molecule has 0 spiro atoms. The van der Waals surface area contributed by atoms with Crippen molar-refractivity contribution in [3.63, 3.8) is 0 Å². The maximum Gasteiger partial charge on any atom is 0.303 e. The molecule has 0 aromatic rings. The minimum Gasteiger partial charge on any atom is -0.481 e. The highest BCUT2D eigenvalue weighted by molar-refractivity contribution is 5.66. The van der Waals surface area contributed by atoms with E-state index in [0.717, 1.165) is 44.9 Å². The third kappa shape index (κ3) is 15.3. The number of carboxylic acid groups (broad SMARTS) is 1. The van der Waals surface area contributed by atoms with Crippen molar-refractivity contribution < 1.29 is 20.0 Å². The molecular formula is C18H32O4. The second kappa shape index (κ2) is 16.2. The van der Waals surface area contributed by atoms with Gasteiger partial charge in [-0.25, -0.2) is 4.89 Å². The summed E-state index contributed by atoms with van der Waals surface area (Å²) in [5.74, 6) is -0.721. The molecule has 0 saturated carbocycles. The van der Waals surface area contributed by atoms with Crippen LogP contribution < -0.4 is 0 Å². The van der Waals surface area contributed by atoms with Gasteiger partial charge in [-0.05, 0) is 25.7 Å². The third-order valence-corrected chi connectivity index (χ3v) is 3.56. The van der Waals surface area contributed by atoms with E-state index in [1.165, 1.54) is 19.3 Å². The summed E-state index contributed by atoms with van der Waals surface area (Å²) < 4.78 is 0. The molecule has 0 amide bonds. The number of carbonyl (C=O) groups is 1. The van der Waals surface area contributed by atoms with Gasteiger partial charge >= 0.3 is 5.97 Å². The van der Waals surface area contributed by atoms with Gasteiger partial charge in [-0.1, -0.05) is 69.8 Å². The lowest BCUT2D eigenvalue weighted by Crippen LogP contribution is -2.06. The molecule has 0 aliphatic heterocycles. The van der Waals surface area contributed by atoms with Crippen molar-refractivity contribution in [2.45, 2.75) is 83.7 Å². The highest BCUT2D eigenvalue weighted by atomic mass is 17.1. The van der Waals surface area contributed by atoms with Gasteiger partial charge in [0.15, 0.2) is 0 Å². The minimum atomic E-state index is -0.721. The Labute approximate surface area is 134 Å². The Bertz CT molecular complexity index is 310. The Hall–Kier alpha value is -1.13. The summed E-state index contributed by atoms with van der Waals surface area (Å²) in [5, 5.41) is 17.4. The van der Waals surface area contributed by atoms with E-state index in [1.54, 1.807) is 0 Å². The number of aliphatic carboxylic acids is 1. The first kappa shape index (κ1) is 20.9. The van der Waals surface area contributed by atoms with Crippen molar-refractivity contribution in [1.82, 2.24) is 0 Å². The number of unbranched alkanes of at least 4 members (excludes halogenated alkanes) is 7. The van der Waals surface area contributed by atoms with Crippen molar-refractivity contribution in [3.05, 3.63) is 24.3 Å². The highest BCUT2D eigenvalue weighted by Gasteiger charge is 2.03. The Morgan fingerprint density at radius 1 is 1.05 bits per heavy atom. The van der Waals surface area contributed by atoms with E-state index in [1.807, 2.05) is 18.2 Å². The monoisotopic (exact) mass is 312 g/mol. The van der Waals surface area contributed by atoms with E-state index in [-0.39, 0.29) is 12.5 Å². The molecule has 0 radical (unpaired) electrons. The Kier molecular flexibility index (Phi) is 15.4. The second-order valence-corrected chi connectivity index (χ2v) is 5.65. The summed E-state index contributed by atoms with van der Waals surface area (Å²) >= 11 is 0. The van der Waals surface area contributed by atoms with Crippen LogP contribution in [0, 0.1) is 0 Å². The van der Waals surface area contributed by atoms with Crippen molar-refractivity contribution in [1.29, 1.82) is 0 Å². The van der Waals surface area contributed by atoms with Crippen LogP contribution >= 0.6 is 0 Å². The van der Waals surface area contributed by atoms with Gasteiger partial charge in [0.1, 0.15) is 6.10 Å². The molecule has 4 nitrogen and oxygen atoms in total. The van der Waals surface area contributed by atoms with Crippen LogP contribution in [0.2, 0.25) is 0 Å². The predicted octanol–water partition coefficient (Wildman–Crippen LogP) is 5.35. The van der Waals surface area contributed by atoms with E-state index in [0.29, 0.717) is 0 Å². The number of rotatable bonds is 15. The third-order valence-electron chi connectivity index (χ3n) is 3.56. The summed E-state index contributed by atoms with van der Waals surface area (Å²) in [4.78, 5) is 14.8. The molecule has 1 atom stereocenters. The molecule has 1 unspecified atom stereocenters. The molecule has 0 saturated heterocycles. The quantitative estimate of drug-likeness (QED) is 0.185. The maximum atomic E-state index is 10.4. The van der Waals surface area contributed by atoms with Gasteiger partial charge < -0.3 is 5.11 Å². The summed E-state index contributed by atoms with van der Waals surface area (Å²) in [6.07, 6.45) is 18.3. The van der Waals surface area contributed by atoms with E-state index >= 15 is 0 Å². The zero-order valence-corrected chi connectivity index (χ0v) is 13.9. The largest absolute Gasteiger partial charge is 0.481 e. The fraction of sp³-hybridized carbons (Fsp3) is 0.722. The van der Waals surface area contributed by atoms with Gasteiger partial charge in [0.25, 0.3) is 0 Å². The van der Waals surface area contributed by atoms with Gasteiger partial charge in [0, 0.05) is 6.42 Å². The fourth-order valence-corrected chi connectivity index (χ4v) is 2.21. The fourth-order valence-electron chi connectivity index (χ4n) is 2.21. The molecule has 0 bridgehead atoms. The van der Waals surface area contributed by atoms with Crippen molar-refractivity contribution >= 4 is 5.97 Å². The lowest BCUT2D eigenvalue weighted by Gasteiger charge is -2.08. The van der Waals surface area contributed by atoms with Crippen LogP contribution in [0.3, 0.4) is 0 Å². The van der Waals surface area contributed by atoms with Crippen LogP contribution in [0.25, 0.3) is 0 Å². The van der Waals surface area contributed by atoms with Gasteiger partial charge in [-0.15, -0.1) is 0 Å². The molecule has 2 N–H and O–H groups in total. The van der Waals surface area contributed by atoms with Crippen molar-refractivity contribution in [2.75, 3.05) is 0 Å². The molecule has 0 fully saturated rings. The van der Waals surface area contributed by atoms with E-state index in [9.17, 15) is 4.79 Å². The zero-order valence-electron chi connectivity index (χ0n) is 13.9. The van der Waals surface area contributed by atoms with Gasteiger partial charge in [-0.3, -0.25) is 10.1 Å². The van der Waals surface area contributed by atoms with Crippen LogP contribution in [0.4, 0.5) is 0 Å². The molecule has 0 aliphatic carbocycles. The molecular weight excluding hydrogens is 280 g/mol. The van der Waals surface area contributed by atoms with Crippen LogP contribution in [0.5, 0.6) is 0 Å². The smallest absolute Gasteiger partial charge is 0.303 e. The zero-order chi connectivity index (χ0) is 16.5. The Morgan fingerprint density at radius 2 is 1.77 bits per heavy atom. The summed E-state index contributed by atoms with van der Waals surface area (Å²) in [6.45, 7) is 2.19. The number of carboxylic acids is 1. The Morgan fingerprint density at radius 3 is 2.45 bits per heavy atom. The first-order valence-corrected chi connectivity index (χ1v) is 8.56. The summed E-state index contributed by atoms with van der Waals surface area (Å²) in [7, 11) is 0. The lowest BCUT2D eigenvalue weighted by atomic mass is 10.1. The van der Waals surface area contributed by atoms with Gasteiger partial charge in [0.05, 0.1) is 0 Å². The molecule has 128 valence electrons. The molecule has 0 rings (SSSR count). The van der Waals surface area contributed by atoms with Crippen LogP contribution in [0.15, 0.2) is 24.3 Å². The average molecular weight is 312 g/mol. The van der Waals surface area contributed by atoms with Crippen LogP contribution in [-0.4, -0.2) is 22.4 Å². The van der Waals surface area contributed by atoms with Crippen LogP contribution in [0.1, 0.15) is 77.6 Å². The molecule has 0 aromatic heterocycles. The molecule has 0 aromatic carbocycles. The van der Waals surface area contributed by atoms with Crippen molar-refractivity contribution in [3.8, 4) is 0 Å². The number of allylic oxidation sites excluding steroid dienone is 3. The topological polar surface area (TPSA) is 66.8 Å². The minimum absolute atomic E-state index is 0.251. The Balaban J connectivity index is 3.59. The summed E-state index contributed by atoms with van der Waals surface area (Å²) in [6, 6.07) is 0. The lowest BCUT2D eigenvalue weighted by molar-refractivity contribution is -0.267. The van der Waals surface area contributed by atoms with E-state index in [2.05, 4.69) is 17.9 Å². The molecule has 22 heavy (non-hydrogen) atoms. The number of hydrogen-bond acceptors (Lipinski definition) is 3. The SMILES string of the molecule is CCCCCC=CC=CC(CCCCCCCC(=O)O)OO. The highest BCUT2D eigenvalue weighted by Crippen LogP contribution is 2.11. The van der Waals surface area contributed by atoms with Crippen molar-refractivity contribution in [2.24, 2.45) is 0 Å².